The third kappa shape index (κ3) is 37.2. The van der Waals surface area contributed by atoms with Crippen LogP contribution >= 0.6 is 33.3 Å². The number of thioether (sulfide) groups is 1. The van der Waals surface area contributed by atoms with Crippen molar-refractivity contribution in [3.63, 3.8) is 0 Å². The van der Waals surface area contributed by atoms with Crippen LogP contribution in [0.15, 0.2) is 30.3 Å². The minimum absolute atomic E-state index is 0.0000881. The molecule has 137 heavy (non-hydrogen) atoms. The number of likely N-dealkylation sites (tertiary alicyclic amines) is 3. The Labute approximate surface area is 812 Å². The maximum absolute atomic E-state index is 15.6. The summed E-state index contributed by atoms with van der Waals surface area (Å²) in [5.74, 6) is -17.5. The number of carbonyl (C=O) groups excluding carboxylic acids is 18. The molecule has 5 aliphatic rings. The molecular weight excluding hydrogens is 1840 g/mol. The maximum atomic E-state index is 15.6. The van der Waals surface area contributed by atoms with E-state index in [0.29, 0.717) is 44.1 Å². The number of primary amides is 1. The minimum atomic E-state index is -1.83. The Morgan fingerprint density at radius 2 is 1.09 bits per heavy atom. The van der Waals surface area contributed by atoms with Crippen molar-refractivity contribution in [1.29, 1.82) is 5.41 Å². The summed E-state index contributed by atoms with van der Waals surface area (Å²) in [4.78, 5) is 280. The van der Waals surface area contributed by atoms with Crippen LogP contribution in [0.1, 0.15) is 209 Å². The van der Waals surface area contributed by atoms with Crippen molar-refractivity contribution in [2.45, 2.75) is 312 Å². The standard InChI is InChI=1S/C90H147N23O21S3/c1-50(2)31-32-62-87(132)110-40-18-27-67(110)83(128)97-53(7)74(119)108-65(48-114)81(126)107-64(47-55-22-11-10-12-23-55)80(125)109-66(82(127)104-61(25-14-16-38-92)86(131)113-43-21-30-70(113)88(133)111-41-19-28-68(111)84(129)99-56(73(93)118)33-34-71(116)117)49-137-136-45-36-60(102-77(122)59(35-44-135-9)103-85(130)69-29-20-42-112(69)89(134)72(52(5)6)98-54(8)115)78(123)106-63(46-51(3)4)79(124)101-58(26-17-39-96-90(94)95)75(120)100-57(76(121)105-62)24-13-15-37-91/h10-12,22-23,50-53,56-70,72,114H,13-21,24-49,91-92H2,1-9H3,(H2,93,118)(H,97,128)(H,98,115)(H,99,129)(H,100,120)(H,101,124)(H,102,122)(H,103,130)(H,104,127)(H,105,121)(H,106,123)(H,107,126)(H,108,119)(H,109,125)(H,116,117)(H4,94,95,96)/t53?,56-,57-,58-,59-,60?,61?,62-,63-,64-,65-,66-,67-,68-,69-,70-,72-/m0/s1. The van der Waals surface area contributed by atoms with Crippen LogP contribution in [0.2, 0.25) is 0 Å². The van der Waals surface area contributed by atoms with E-state index < -0.39 is 240 Å². The molecule has 47 heteroatoms. The summed E-state index contributed by atoms with van der Waals surface area (Å²) in [6.45, 7) is 12.9. The van der Waals surface area contributed by atoms with Gasteiger partial charge in [0.15, 0.2) is 5.96 Å². The molecule has 0 bridgehead atoms. The number of amides is 18. The molecule has 1 aromatic carbocycles. The largest absolute Gasteiger partial charge is 0.481 e. The molecule has 0 spiro atoms. The highest BCUT2D eigenvalue weighted by molar-refractivity contribution is 8.76. The van der Waals surface area contributed by atoms with Gasteiger partial charge in [-0.1, -0.05) is 93.5 Å². The number of carboxylic acids is 1. The van der Waals surface area contributed by atoms with Gasteiger partial charge in [0.05, 0.1) is 6.61 Å². The number of aliphatic carboxylic acids is 1. The Kier molecular flexibility index (Phi) is 49.5. The predicted octanol–water partition coefficient (Wildman–Crippen LogP) is -2.92. The number of benzene rings is 1. The number of nitrogens with zero attached hydrogens (tertiary/aromatic N) is 4. The van der Waals surface area contributed by atoms with Crippen LogP contribution in [0, 0.1) is 23.2 Å². The van der Waals surface area contributed by atoms with E-state index in [1.165, 1.54) is 45.2 Å². The summed E-state index contributed by atoms with van der Waals surface area (Å²) in [5, 5.41) is 66.1. The molecule has 1 aromatic rings. The average molecular weight is 1980 g/mol. The summed E-state index contributed by atoms with van der Waals surface area (Å²) in [5.41, 5.74) is 23.6. The quantitative estimate of drug-likeness (QED) is 0.0135. The summed E-state index contributed by atoms with van der Waals surface area (Å²) in [7, 11) is 1.97. The lowest BCUT2D eigenvalue weighted by Gasteiger charge is -2.33. The van der Waals surface area contributed by atoms with Crippen LogP contribution in [-0.2, 0) is 97.5 Å². The van der Waals surface area contributed by atoms with Crippen LogP contribution in [-0.4, -0.2) is 327 Å². The van der Waals surface area contributed by atoms with Gasteiger partial charge in [-0.3, -0.25) is 96.5 Å². The monoisotopic (exact) mass is 1980 g/mol. The van der Waals surface area contributed by atoms with Gasteiger partial charge in [-0.2, -0.15) is 11.8 Å². The minimum Gasteiger partial charge on any atom is -0.481 e. The Morgan fingerprint density at radius 1 is 0.540 bits per heavy atom. The number of hydrogen-bond donors (Lipinski definition) is 21. The van der Waals surface area contributed by atoms with Gasteiger partial charge in [-0.15, -0.1) is 0 Å². The number of rotatable bonds is 40. The van der Waals surface area contributed by atoms with Crippen LogP contribution in [0.25, 0.3) is 0 Å². The highest BCUT2D eigenvalue weighted by atomic mass is 33.1. The Morgan fingerprint density at radius 3 is 1.68 bits per heavy atom. The number of hydrogen-bond acceptors (Lipinski definition) is 26. The van der Waals surface area contributed by atoms with Crippen molar-refractivity contribution in [2.24, 2.45) is 40.7 Å². The molecule has 0 aliphatic carbocycles. The average Bonchev–Trinajstić information content (AvgIpc) is 1.66. The van der Waals surface area contributed by atoms with Crippen molar-refractivity contribution < 1.29 is 101 Å². The van der Waals surface area contributed by atoms with E-state index >= 15 is 38.4 Å². The number of fused-ring (bicyclic) bond motifs is 1. The summed E-state index contributed by atoms with van der Waals surface area (Å²) in [6.07, 6.45) is 3.55. The van der Waals surface area contributed by atoms with Gasteiger partial charge in [0, 0.05) is 64.0 Å². The molecule has 6 rings (SSSR count). The lowest BCUT2D eigenvalue weighted by atomic mass is 10.00. The van der Waals surface area contributed by atoms with Crippen LogP contribution in [0.3, 0.4) is 0 Å². The molecule has 3 unspecified atom stereocenters. The number of carboxylic acid groups (broad SMARTS) is 1. The number of unbranched alkanes of at least 4 members (excludes halogenated alkanes) is 2. The second-order valence-electron chi connectivity index (χ2n) is 36.6. The van der Waals surface area contributed by atoms with Gasteiger partial charge < -0.3 is 127 Å². The van der Waals surface area contributed by atoms with Gasteiger partial charge in [0.2, 0.25) is 106 Å². The van der Waals surface area contributed by atoms with Gasteiger partial charge in [-0.25, -0.2) is 0 Å². The van der Waals surface area contributed by atoms with Gasteiger partial charge >= 0.3 is 5.97 Å². The first-order chi connectivity index (χ1) is 65.1. The van der Waals surface area contributed by atoms with Crippen molar-refractivity contribution in [2.75, 3.05) is 75.9 Å². The lowest BCUT2D eigenvalue weighted by Crippen LogP contribution is -2.61. The number of nitrogens with two attached hydrogens (primary N) is 4. The number of aliphatic hydroxyl groups is 1. The Hall–Kier alpha value is -10.6. The van der Waals surface area contributed by atoms with Gasteiger partial charge in [0.1, 0.15) is 103 Å². The van der Waals surface area contributed by atoms with E-state index in [2.05, 4.69) is 74.4 Å². The molecule has 17 atom stereocenters. The van der Waals surface area contributed by atoms with Gasteiger partial charge in [-0.05, 0) is 197 Å². The van der Waals surface area contributed by atoms with E-state index in [1.54, 1.807) is 64.3 Å². The topological polar surface area (TPSA) is 674 Å². The van der Waals surface area contributed by atoms with E-state index in [-0.39, 0.29) is 184 Å². The van der Waals surface area contributed by atoms with E-state index in [9.17, 15) is 63.0 Å². The molecule has 5 heterocycles. The first-order valence-corrected chi connectivity index (χ1v) is 51.5. The first kappa shape index (κ1) is 115. The third-order valence-electron chi connectivity index (χ3n) is 24.5. The third-order valence-corrected chi connectivity index (χ3v) is 27.6. The highest BCUT2D eigenvalue weighted by Gasteiger charge is 2.47. The molecule has 18 amide bonds. The smallest absolute Gasteiger partial charge is 0.303 e. The molecule has 0 radical (unpaired) electrons. The lowest BCUT2D eigenvalue weighted by molar-refractivity contribution is -0.148. The number of nitrogens with one attached hydrogen (secondary N) is 15. The maximum Gasteiger partial charge on any atom is 0.303 e. The number of carbonyl (C=O) groups is 19. The molecule has 5 saturated heterocycles. The second-order valence-corrected chi connectivity index (χ2v) is 40.2. The van der Waals surface area contributed by atoms with Crippen molar-refractivity contribution in [3.05, 3.63) is 35.9 Å². The molecule has 0 aromatic heterocycles. The van der Waals surface area contributed by atoms with E-state index in [1.807, 2.05) is 13.8 Å². The zero-order valence-corrected chi connectivity index (χ0v) is 82.6. The summed E-state index contributed by atoms with van der Waals surface area (Å²) < 4.78 is 0. The first-order valence-electron chi connectivity index (χ1n) is 47.6. The number of aliphatic hydroxyl groups excluding tert-OH is 1. The zero-order chi connectivity index (χ0) is 101. The van der Waals surface area contributed by atoms with E-state index in [4.69, 9.17) is 28.3 Å². The van der Waals surface area contributed by atoms with Crippen molar-refractivity contribution in [1.82, 2.24) is 94.0 Å². The van der Waals surface area contributed by atoms with Crippen molar-refractivity contribution in [3.8, 4) is 0 Å². The SMILES string of the molecule is CSCC[C@H](NC(=O)[C@@H]1CCCN1C(=O)[C@@H](NC(C)=O)C(C)C)C(=O)NC1CCSSC[C@@H](C(=O)NC(CCCCN)C(=O)N2CCC[C@H]2C(=O)N2CCC[C@H]2C(=O)N[C@@H](CCC(=O)O)C(N)=O)NC(=O)[C@H](Cc2ccccc2)NC(=O)[C@H](CO)NC(=O)C(C)NC(=O)[C@@H]2CCCN2C(=O)[C@H](CCC(C)C)NC(=O)[C@H](CCCCN)NC(=O)[C@H](CCCNC(=N)N)NC(=O)[C@H](CC(C)C)NC1=O. The second kappa shape index (κ2) is 58.9. The highest BCUT2D eigenvalue weighted by Crippen LogP contribution is 2.30. The Bertz CT molecular complexity index is 4300. The summed E-state index contributed by atoms with van der Waals surface area (Å²) >= 11 is 1.33. The zero-order valence-electron chi connectivity index (χ0n) is 80.2. The molecule has 766 valence electrons. The predicted molar refractivity (Wildman–Crippen MR) is 515 cm³/mol. The van der Waals surface area contributed by atoms with Gasteiger partial charge in [0.25, 0.3) is 0 Å². The fourth-order valence-electron chi connectivity index (χ4n) is 17.0. The molecule has 44 nitrogen and oxygen atoms in total. The molecule has 25 N–H and O–H groups in total. The number of guanidine groups is 1. The molecular formula is C90H147N23O21S3. The fourth-order valence-corrected chi connectivity index (χ4v) is 19.7. The molecule has 5 fully saturated rings. The van der Waals surface area contributed by atoms with Crippen LogP contribution in [0.5, 0.6) is 0 Å². The summed E-state index contributed by atoms with van der Waals surface area (Å²) in [6, 6.07) is -15.5. The van der Waals surface area contributed by atoms with Crippen LogP contribution in [0.4, 0.5) is 0 Å². The van der Waals surface area contributed by atoms with E-state index in [0.717, 1.165) is 21.6 Å². The molecule has 0 saturated carbocycles. The fraction of sp³-hybridized carbons (Fsp3) is 0.711. The normalized spacial score (nSPS) is 24.4. The molecule has 5 aliphatic heterocycles. The Balaban J connectivity index is 1.48. The van der Waals surface area contributed by atoms with Crippen molar-refractivity contribution >= 4 is 152 Å². The van der Waals surface area contributed by atoms with Crippen LogP contribution < -0.4 is 97.4 Å².